The number of carbonyl (C=O) groups excluding carboxylic acids is 1. The van der Waals surface area contributed by atoms with E-state index in [0.29, 0.717) is 11.8 Å². The molecule has 1 atom stereocenters. The van der Waals surface area contributed by atoms with Gasteiger partial charge in [0.1, 0.15) is 6.10 Å². The number of hydrogen-bond donors (Lipinski definition) is 1. The molecule has 0 fully saturated rings. The van der Waals surface area contributed by atoms with Crippen molar-refractivity contribution in [1.29, 1.82) is 0 Å². The van der Waals surface area contributed by atoms with Crippen LogP contribution < -0.4 is 0 Å². The van der Waals surface area contributed by atoms with Crippen LogP contribution in [-0.4, -0.2) is 23.1 Å². The second kappa shape index (κ2) is 8.32. The van der Waals surface area contributed by atoms with Crippen LogP contribution in [0.2, 0.25) is 0 Å². The normalized spacial score (nSPS) is 13.2. The second-order valence-corrected chi connectivity index (χ2v) is 7.75. The number of esters is 1. The molecule has 0 saturated heterocycles. The van der Waals surface area contributed by atoms with Crippen LogP contribution in [-0.2, 0) is 4.74 Å². The van der Waals surface area contributed by atoms with Crippen molar-refractivity contribution in [3.8, 4) is 0 Å². The fourth-order valence-corrected chi connectivity index (χ4v) is 3.49. The van der Waals surface area contributed by atoms with Gasteiger partial charge in [-0.15, -0.1) is 0 Å². The van der Waals surface area contributed by atoms with Crippen molar-refractivity contribution in [3.63, 3.8) is 0 Å². The fraction of sp³-hybridized carbons (Fsp3) is 0.600. The zero-order valence-electron chi connectivity index (χ0n) is 15.6. The molecule has 1 unspecified atom stereocenters. The maximum Gasteiger partial charge on any atom is 0.339 e. The van der Waals surface area contributed by atoms with Crippen molar-refractivity contribution < 1.29 is 19.4 Å². The largest absolute Gasteiger partial charge is 0.478 e. The zero-order chi connectivity index (χ0) is 18.5. The Kier molecular flexibility index (Phi) is 7.00. The third-order valence-electron chi connectivity index (χ3n) is 4.39. The third kappa shape index (κ3) is 5.36. The second-order valence-electron chi connectivity index (χ2n) is 7.75. The Balaban J connectivity index is 3.00. The molecule has 0 aliphatic heterocycles. The summed E-state index contributed by atoms with van der Waals surface area (Å²) >= 11 is 0. The summed E-state index contributed by atoms with van der Waals surface area (Å²) < 4.78 is 5.69. The Morgan fingerprint density at radius 2 is 1.46 bits per heavy atom. The highest BCUT2D eigenvalue weighted by Gasteiger charge is 2.35. The summed E-state index contributed by atoms with van der Waals surface area (Å²) in [5.74, 6) is -0.719. The molecule has 4 nitrogen and oxygen atoms in total. The smallest absolute Gasteiger partial charge is 0.339 e. The van der Waals surface area contributed by atoms with Crippen molar-refractivity contribution in [2.45, 2.75) is 60.5 Å². The Hall–Kier alpha value is -1.84. The van der Waals surface area contributed by atoms with Gasteiger partial charge in [-0.05, 0) is 43.7 Å². The first-order valence-electron chi connectivity index (χ1n) is 8.60. The summed E-state index contributed by atoms with van der Waals surface area (Å²) in [4.78, 5) is 23.8. The van der Waals surface area contributed by atoms with E-state index < -0.39 is 11.9 Å². The number of benzene rings is 1. The molecule has 4 heteroatoms. The molecular weight excluding hydrogens is 304 g/mol. The zero-order valence-corrected chi connectivity index (χ0v) is 15.6. The average Bonchev–Trinajstić information content (AvgIpc) is 2.45. The van der Waals surface area contributed by atoms with E-state index in [1.807, 2.05) is 6.92 Å². The van der Waals surface area contributed by atoms with Gasteiger partial charge in [0, 0.05) is 5.41 Å². The predicted molar refractivity (Wildman–Crippen MR) is 95.3 cm³/mol. The van der Waals surface area contributed by atoms with E-state index in [-0.39, 0.29) is 22.6 Å². The standard InChI is InChI=1S/C20H30O4/c1-13(2)11-20(6,12-14(3)4)15(5)24-19(23)17-10-8-7-9-16(17)18(21)22/h7-10,13-15H,11-12H2,1-6H3,(H,21,22). The van der Waals surface area contributed by atoms with Crippen LogP contribution >= 0.6 is 0 Å². The summed E-state index contributed by atoms with van der Waals surface area (Å²) in [6.07, 6.45) is 1.59. The van der Waals surface area contributed by atoms with Gasteiger partial charge in [-0.1, -0.05) is 46.8 Å². The van der Waals surface area contributed by atoms with Crippen LogP contribution in [0.1, 0.15) is 75.1 Å². The number of carbonyl (C=O) groups is 2. The van der Waals surface area contributed by atoms with E-state index in [2.05, 4.69) is 34.6 Å². The molecule has 0 heterocycles. The van der Waals surface area contributed by atoms with Gasteiger partial charge in [0.05, 0.1) is 11.1 Å². The van der Waals surface area contributed by atoms with Gasteiger partial charge in [0.2, 0.25) is 0 Å². The lowest BCUT2D eigenvalue weighted by molar-refractivity contribution is -0.0203. The summed E-state index contributed by atoms with van der Waals surface area (Å²) in [6.45, 7) is 12.7. The van der Waals surface area contributed by atoms with Gasteiger partial charge in [0.15, 0.2) is 0 Å². The van der Waals surface area contributed by atoms with Crippen LogP contribution in [0.5, 0.6) is 0 Å². The monoisotopic (exact) mass is 334 g/mol. The van der Waals surface area contributed by atoms with E-state index in [0.717, 1.165) is 12.8 Å². The minimum Gasteiger partial charge on any atom is -0.478 e. The number of ether oxygens (including phenoxy) is 1. The SMILES string of the molecule is CC(C)CC(C)(CC(C)C)C(C)OC(=O)c1ccccc1C(=O)O. The summed E-state index contributed by atoms with van der Waals surface area (Å²) in [7, 11) is 0. The molecule has 24 heavy (non-hydrogen) atoms. The first-order chi connectivity index (χ1) is 11.1. The fourth-order valence-electron chi connectivity index (χ4n) is 3.49. The molecule has 0 aliphatic carbocycles. The molecule has 1 aromatic carbocycles. The van der Waals surface area contributed by atoms with Gasteiger partial charge < -0.3 is 9.84 Å². The number of rotatable bonds is 8. The molecule has 0 amide bonds. The molecule has 0 bridgehead atoms. The Labute approximate surface area is 145 Å². The van der Waals surface area contributed by atoms with Gasteiger partial charge in [-0.2, -0.15) is 0 Å². The molecule has 0 aliphatic rings. The van der Waals surface area contributed by atoms with E-state index in [9.17, 15) is 14.7 Å². The van der Waals surface area contributed by atoms with Crippen molar-refractivity contribution in [3.05, 3.63) is 35.4 Å². The molecule has 134 valence electrons. The predicted octanol–water partition coefficient (Wildman–Crippen LogP) is 5.03. The average molecular weight is 334 g/mol. The Morgan fingerprint density at radius 1 is 1.00 bits per heavy atom. The quantitative estimate of drug-likeness (QED) is 0.677. The molecule has 1 N–H and O–H groups in total. The minimum absolute atomic E-state index is 0.0240. The first-order valence-corrected chi connectivity index (χ1v) is 8.60. The lowest BCUT2D eigenvalue weighted by Crippen LogP contribution is -2.36. The molecule has 0 saturated carbocycles. The van der Waals surface area contributed by atoms with E-state index in [4.69, 9.17) is 4.74 Å². The van der Waals surface area contributed by atoms with Crippen LogP contribution in [0.25, 0.3) is 0 Å². The number of carboxylic acid groups (broad SMARTS) is 1. The van der Waals surface area contributed by atoms with Gasteiger partial charge >= 0.3 is 11.9 Å². The van der Waals surface area contributed by atoms with Crippen LogP contribution in [0, 0.1) is 17.3 Å². The Morgan fingerprint density at radius 3 is 1.88 bits per heavy atom. The van der Waals surface area contributed by atoms with Crippen LogP contribution in [0.3, 0.4) is 0 Å². The highest BCUT2D eigenvalue weighted by Crippen LogP contribution is 2.38. The van der Waals surface area contributed by atoms with E-state index >= 15 is 0 Å². The van der Waals surface area contributed by atoms with Crippen LogP contribution in [0.15, 0.2) is 24.3 Å². The van der Waals surface area contributed by atoms with E-state index in [1.54, 1.807) is 12.1 Å². The lowest BCUT2D eigenvalue weighted by Gasteiger charge is -2.38. The van der Waals surface area contributed by atoms with Gasteiger partial charge in [-0.25, -0.2) is 9.59 Å². The van der Waals surface area contributed by atoms with Crippen molar-refractivity contribution in [1.82, 2.24) is 0 Å². The first kappa shape index (κ1) is 20.2. The topological polar surface area (TPSA) is 63.6 Å². The minimum atomic E-state index is -1.12. The Bertz CT molecular complexity index is 565. The van der Waals surface area contributed by atoms with Gasteiger partial charge in [-0.3, -0.25) is 0 Å². The maximum atomic E-state index is 12.5. The van der Waals surface area contributed by atoms with Crippen LogP contribution in [0.4, 0.5) is 0 Å². The van der Waals surface area contributed by atoms with Crippen molar-refractivity contribution in [2.24, 2.45) is 17.3 Å². The molecule has 0 aromatic heterocycles. The number of aromatic carboxylic acids is 1. The highest BCUT2D eigenvalue weighted by atomic mass is 16.5. The lowest BCUT2D eigenvalue weighted by atomic mass is 9.72. The molecule has 0 spiro atoms. The summed E-state index contributed by atoms with van der Waals surface area (Å²) in [5.41, 5.74) is -0.0618. The molecule has 0 radical (unpaired) electrons. The third-order valence-corrected chi connectivity index (χ3v) is 4.39. The van der Waals surface area contributed by atoms with Crippen molar-refractivity contribution >= 4 is 11.9 Å². The maximum absolute atomic E-state index is 12.5. The molecular formula is C20H30O4. The van der Waals surface area contributed by atoms with E-state index in [1.165, 1.54) is 12.1 Å². The van der Waals surface area contributed by atoms with Gasteiger partial charge in [0.25, 0.3) is 0 Å². The highest BCUT2D eigenvalue weighted by molar-refractivity contribution is 6.02. The summed E-state index contributed by atoms with van der Waals surface area (Å²) in [6, 6.07) is 6.17. The summed E-state index contributed by atoms with van der Waals surface area (Å²) in [5, 5.41) is 9.24. The molecule has 1 rings (SSSR count). The molecule has 1 aromatic rings. The van der Waals surface area contributed by atoms with Crippen molar-refractivity contribution in [2.75, 3.05) is 0 Å². The number of carboxylic acids is 1. The number of hydrogen-bond acceptors (Lipinski definition) is 3.